The van der Waals surface area contributed by atoms with Crippen LogP contribution >= 0.6 is 0 Å². The number of nitrogens with zero attached hydrogens (tertiary/aromatic N) is 4. The van der Waals surface area contributed by atoms with Crippen LogP contribution in [0.2, 0.25) is 0 Å². The molecule has 4 rings (SSSR count). The molecular weight excluding hydrogens is 428 g/mol. The molecule has 1 unspecified atom stereocenters. The van der Waals surface area contributed by atoms with E-state index in [2.05, 4.69) is 17.0 Å². The molecule has 0 saturated carbocycles. The van der Waals surface area contributed by atoms with Crippen molar-refractivity contribution in [2.75, 3.05) is 7.11 Å². The zero-order chi connectivity index (χ0) is 23.0. The number of nitro groups is 1. The van der Waals surface area contributed by atoms with Crippen LogP contribution in [0.1, 0.15) is 16.8 Å². The molecule has 0 aliphatic heterocycles. The SMILES string of the molecule is [CH2]n1c([S+]([O-])Cc2ncc(C)c(OC)c2C)nc2c(-c3ccc([N+](=O)[O-])cc3)cccc21. The summed E-state index contributed by atoms with van der Waals surface area (Å²) in [7, 11) is 5.64. The van der Waals surface area contributed by atoms with E-state index in [9.17, 15) is 14.7 Å². The van der Waals surface area contributed by atoms with Crippen molar-refractivity contribution in [3.63, 3.8) is 0 Å². The van der Waals surface area contributed by atoms with E-state index in [1.165, 1.54) is 12.1 Å². The van der Waals surface area contributed by atoms with Crippen LogP contribution in [0.3, 0.4) is 0 Å². The van der Waals surface area contributed by atoms with Gasteiger partial charge < -0.3 is 9.29 Å². The Morgan fingerprint density at radius 3 is 2.56 bits per heavy atom. The number of imidazole rings is 1. The lowest BCUT2D eigenvalue weighted by Gasteiger charge is -2.14. The van der Waals surface area contributed by atoms with Gasteiger partial charge in [0.2, 0.25) is 0 Å². The normalized spacial score (nSPS) is 12.2. The largest absolute Gasteiger partial charge is 0.609 e. The highest BCUT2D eigenvalue weighted by molar-refractivity contribution is 7.90. The van der Waals surface area contributed by atoms with E-state index < -0.39 is 16.1 Å². The summed E-state index contributed by atoms with van der Waals surface area (Å²) in [4.78, 5) is 19.6. The smallest absolute Gasteiger partial charge is 0.324 e. The number of pyridine rings is 1. The van der Waals surface area contributed by atoms with Crippen molar-refractivity contribution >= 4 is 27.9 Å². The summed E-state index contributed by atoms with van der Waals surface area (Å²) >= 11 is -1.50. The third-order valence-electron chi connectivity index (χ3n) is 5.35. The highest BCUT2D eigenvalue weighted by atomic mass is 32.2. The first-order valence-corrected chi connectivity index (χ1v) is 11.1. The third-order valence-corrected chi connectivity index (χ3v) is 6.61. The summed E-state index contributed by atoms with van der Waals surface area (Å²) in [6, 6.07) is 11.8. The van der Waals surface area contributed by atoms with Crippen molar-refractivity contribution in [3.8, 4) is 16.9 Å². The molecule has 0 aliphatic carbocycles. The van der Waals surface area contributed by atoms with Gasteiger partial charge in [-0.1, -0.05) is 12.1 Å². The molecule has 8 nitrogen and oxygen atoms in total. The van der Waals surface area contributed by atoms with Crippen molar-refractivity contribution < 1.29 is 14.2 Å². The van der Waals surface area contributed by atoms with Gasteiger partial charge in [0.15, 0.2) is 5.75 Å². The Bertz CT molecular complexity index is 1320. The van der Waals surface area contributed by atoms with Crippen molar-refractivity contribution in [2.45, 2.75) is 24.8 Å². The highest BCUT2D eigenvalue weighted by Gasteiger charge is 2.24. The van der Waals surface area contributed by atoms with Gasteiger partial charge in [0.1, 0.15) is 11.3 Å². The van der Waals surface area contributed by atoms with Crippen LogP contribution in [0, 0.1) is 31.0 Å². The standard InChI is InChI=1S/C23H21N4O4S/c1-14-12-24-19(15(2)22(14)31-4)13-32(30)23-25-21-18(6-5-7-20(21)26(23)3)16-8-10-17(11-9-16)27(28)29/h5-12H,3,13H2,1-2,4H3. The van der Waals surface area contributed by atoms with Crippen LogP contribution < -0.4 is 4.74 Å². The van der Waals surface area contributed by atoms with Crippen molar-refractivity contribution in [1.82, 2.24) is 14.5 Å². The summed E-state index contributed by atoms with van der Waals surface area (Å²) in [5, 5.41) is 11.3. The molecule has 0 aliphatic rings. The fourth-order valence-corrected chi connectivity index (χ4v) is 4.91. The Balaban J connectivity index is 1.72. The van der Waals surface area contributed by atoms with Gasteiger partial charge in [-0.05, 0) is 37.6 Å². The first kappa shape index (κ1) is 21.8. The summed E-state index contributed by atoms with van der Waals surface area (Å²) in [5.41, 5.74) is 5.36. The predicted molar refractivity (Wildman–Crippen MR) is 123 cm³/mol. The quantitative estimate of drug-likeness (QED) is 0.242. The van der Waals surface area contributed by atoms with Gasteiger partial charge in [0.25, 0.3) is 5.69 Å². The molecule has 0 N–H and O–H groups in total. The Hall–Kier alpha value is -3.43. The monoisotopic (exact) mass is 449 g/mol. The number of para-hydroxylation sites is 1. The molecule has 1 atom stereocenters. The minimum atomic E-state index is -1.50. The summed E-state index contributed by atoms with van der Waals surface area (Å²) in [6.45, 7) is 3.81. The lowest BCUT2D eigenvalue weighted by Crippen LogP contribution is -2.13. The van der Waals surface area contributed by atoms with E-state index in [1.807, 2.05) is 32.0 Å². The minimum Gasteiger partial charge on any atom is -0.609 e. The van der Waals surface area contributed by atoms with Gasteiger partial charge in [0.05, 0.1) is 23.2 Å². The van der Waals surface area contributed by atoms with Gasteiger partial charge in [-0.2, -0.15) is 4.98 Å². The molecule has 4 aromatic rings. The van der Waals surface area contributed by atoms with Crippen molar-refractivity contribution in [3.05, 3.63) is 82.6 Å². The number of rotatable bonds is 6. The average molecular weight is 450 g/mol. The van der Waals surface area contributed by atoms with E-state index in [-0.39, 0.29) is 11.4 Å². The highest BCUT2D eigenvalue weighted by Crippen LogP contribution is 2.32. The molecule has 9 heteroatoms. The molecule has 2 heterocycles. The maximum Gasteiger partial charge on any atom is 0.324 e. The van der Waals surface area contributed by atoms with Crippen molar-refractivity contribution in [1.29, 1.82) is 0 Å². The van der Waals surface area contributed by atoms with E-state index in [0.29, 0.717) is 16.4 Å². The molecule has 2 aromatic heterocycles. The summed E-state index contributed by atoms with van der Waals surface area (Å²) < 4.78 is 20.3. The topological polar surface area (TPSA) is 106 Å². The number of ether oxygens (including phenoxy) is 1. The lowest BCUT2D eigenvalue weighted by atomic mass is 10.0. The van der Waals surface area contributed by atoms with E-state index >= 15 is 0 Å². The number of hydrogen-bond acceptors (Lipinski definition) is 6. The number of aromatic nitrogens is 3. The number of non-ortho nitro benzene ring substituents is 1. The number of hydrogen-bond donors (Lipinski definition) is 0. The molecule has 2 aromatic carbocycles. The number of nitro benzene ring substituents is 1. The molecule has 0 bridgehead atoms. The summed E-state index contributed by atoms with van der Waals surface area (Å²) in [6.07, 6.45) is 1.71. The third kappa shape index (κ3) is 3.80. The maximum atomic E-state index is 13.2. The van der Waals surface area contributed by atoms with Crippen LogP contribution in [0.4, 0.5) is 5.69 Å². The van der Waals surface area contributed by atoms with Gasteiger partial charge in [0, 0.05) is 53.2 Å². The van der Waals surface area contributed by atoms with Crippen LogP contribution in [0.5, 0.6) is 5.75 Å². The van der Waals surface area contributed by atoms with Crippen molar-refractivity contribution in [2.24, 2.45) is 0 Å². The predicted octanol–water partition coefficient (Wildman–Crippen LogP) is 4.58. The van der Waals surface area contributed by atoms with Gasteiger partial charge in [-0.25, -0.2) is 0 Å². The second-order valence-electron chi connectivity index (χ2n) is 7.34. The zero-order valence-electron chi connectivity index (χ0n) is 17.9. The van der Waals surface area contributed by atoms with E-state index in [0.717, 1.165) is 33.5 Å². The molecule has 163 valence electrons. The second-order valence-corrected chi connectivity index (χ2v) is 8.68. The van der Waals surface area contributed by atoms with Crippen LogP contribution in [0.25, 0.3) is 22.2 Å². The van der Waals surface area contributed by atoms with Crippen LogP contribution in [0.15, 0.2) is 53.8 Å². The van der Waals surface area contributed by atoms with Gasteiger partial charge >= 0.3 is 5.16 Å². The first-order chi connectivity index (χ1) is 15.3. The van der Waals surface area contributed by atoms with E-state index in [1.54, 1.807) is 30.0 Å². The fraction of sp³-hybridized carbons (Fsp3) is 0.174. The second kappa shape index (κ2) is 8.60. The van der Waals surface area contributed by atoms with Gasteiger partial charge in [-0.3, -0.25) is 19.7 Å². The lowest BCUT2D eigenvalue weighted by molar-refractivity contribution is -0.384. The molecule has 0 spiro atoms. The Labute approximate surface area is 188 Å². The molecule has 0 amide bonds. The van der Waals surface area contributed by atoms with Crippen LogP contribution in [-0.2, 0) is 16.9 Å². The number of aryl methyl sites for hydroxylation is 1. The van der Waals surface area contributed by atoms with Gasteiger partial charge in [-0.15, -0.1) is 0 Å². The Kier molecular flexibility index (Phi) is 5.86. The number of methoxy groups -OCH3 is 1. The first-order valence-electron chi connectivity index (χ1n) is 9.76. The van der Waals surface area contributed by atoms with E-state index in [4.69, 9.17) is 4.74 Å². The molecular formula is C23H21N4O4S. The molecule has 32 heavy (non-hydrogen) atoms. The fourth-order valence-electron chi connectivity index (χ4n) is 3.70. The zero-order valence-corrected chi connectivity index (χ0v) is 18.7. The number of benzene rings is 2. The summed E-state index contributed by atoms with van der Waals surface area (Å²) in [5.74, 6) is 0.907. The van der Waals surface area contributed by atoms with Crippen LogP contribution in [-0.4, -0.2) is 31.1 Å². The number of fused-ring (bicyclic) bond motifs is 1. The maximum absolute atomic E-state index is 13.2. The average Bonchev–Trinajstić information content (AvgIpc) is 3.13. The molecule has 1 radical (unpaired) electrons. The molecule has 0 saturated heterocycles. The Morgan fingerprint density at radius 1 is 1.19 bits per heavy atom. The Morgan fingerprint density at radius 2 is 1.91 bits per heavy atom. The minimum absolute atomic E-state index is 0.0156. The molecule has 0 fully saturated rings.